The first kappa shape index (κ1) is 17.3. The third-order valence-electron chi connectivity index (χ3n) is 3.19. The summed E-state index contributed by atoms with van der Waals surface area (Å²) in [6.07, 6.45) is 0.594. The van der Waals surface area contributed by atoms with Gasteiger partial charge in [0.25, 0.3) is 11.7 Å². The normalized spacial score (nSPS) is 10.2. The molecule has 0 aliphatic heterocycles. The number of rotatable bonds is 7. The van der Waals surface area contributed by atoms with Crippen LogP contribution in [0.5, 0.6) is 0 Å². The Morgan fingerprint density at radius 2 is 1.83 bits per heavy atom. The molecule has 1 aromatic carbocycles. The molecule has 0 atom stereocenters. The highest BCUT2D eigenvalue weighted by atomic mass is 16.2. The molecule has 1 heterocycles. The fourth-order valence-electron chi connectivity index (χ4n) is 1.81. The lowest BCUT2D eigenvalue weighted by molar-refractivity contribution is -0.117. The summed E-state index contributed by atoms with van der Waals surface area (Å²) in [5.74, 6) is -0.592. The molecule has 0 saturated carbocycles. The second-order valence-electron chi connectivity index (χ2n) is 5.38. The Labute approximate surface area is 139 Å². The topological polar surface area (TPSA) is 102 Å². The zero-order valence-electron chi connectivity index (χ0n) is 13.7. The van der Waals surface area contributed by atoms with Crippen LogP contribution in [0.15, 0.2) is 36.4 Å². The van der Waals surface area contributed by atoms with Gasteiger partial charge in [0, 0.05) is 18.7 Å². The first-order valence-electron chi connectivity index (χ1n) is 7.56. The number of aryl methyl sites for hydroxylation is 1. The van der Waals surface area contributed by atoms with Gasteiger partial charge in [-0.1, -0.05) is 24.3 Å². The van der Waals surface area contributed by atoms with E-state index in [0.717, 1.165) is 11.3 Å². The molecule has 0 fully saturated rings. The van der Waals surface area contributed by atoms with E-state index in [-0.39, 0.29) is 11.7 Å². The molecule has 0 aliphatic carbocycles. The minimum absolute atomic E-state index is 0.00143. The Morgan fingerprint density at radius 1 is 1.17 bits per heavy atom. The Kier molecular flexibility index (Phi) is 5.78. The molecule has 0 unspecified atom stereocenters. The third-order valence-corrected chi connectivity index (χ3v) is 3.19. The third kappa shape index (κ3) is 4.73. The largest absolute Gasteiger partial charge is 0.352 e. The number of nitrogens with zero attached hydrogens (tertiary/aromatic N) is 4. The highest BCUT2D eigenvalue weighted by Crippen LogP contribution is 2.06. The van der Waals surface area contributed by atoms with E-state index < -0.39 is 5.91 Å². The van der Waals surface area contributed by atoms with Crippen molar-refractivity contribution >= 4 is 11.8 Å². The van der Waals surface area contributed by atoms with Crippen LogP contribution in [0.3, 0.4) is 0 Å². The molecule has 0 spiro atoms. The molecule has 0 saturated heterocycles. The second kappa shape index (κ2) is 8.00. The first-order chi connectivity index (χ1) is 11.5. The molecular formula is C16H20N6O2. The molecule has 1 aromatic heterocycles. The average molecular weight is 328 g/mol. The van der Waals surface area contributed by atoms with Crippen LogP contribution in [-0.2, 0) is 4.79 Å². The highest BCUT2D eigenvalue weighted by molar-refractivity contribution is 5.92. The summed E-state index contributed by atoms with van der Waals surface area (Å²) in [7, 11) is 0. The van der Waals surface area contributed by atoms with E-state index in [0.29, 0.717) is 25.1 Å². The lowest BCUT2D eigenvalue weighted by atomic mass is 10.2. The molecule has 8 nitrogen and oxygen atoms in total. The zero-order valence-corrected chi connectivity index (χ0v) is 13.7. The maximum absolute atomic E-state index is 12.0. The van der Waals surface area contributed by atoms with Crippen molar-refractivity contribution in [2.24, 2.45) is 0 Å². The maximum atomic E-state index is 12.0. The maximum Gasteiger partial charge on any atom is 0.292 e. The SMILES string of the molecule is C=C(C)C(=O)NCCCNC(=O)c1nnn(-c2ccc(C)cc2)n1. The fourth-order valence-corrected chi connectivity index (χ4v) is 1.81. The van der Waals surface area contributed by atoms with E-state index in [9.17, 15) is 9.59 Å². The molecule has 2 N–H and O–H groups in total. The van der Waals surface area contributed by atoms with Crippen molar-refractivity contribution in [1.82, 2.24) is 30.8 Å². The van der Waals surface area contributed by atoms with Crippen molar-refractivity contribution < 1.29 is 9.59 Å². The van der Waals surface area contributed by atoms with Gasteiger partial charge in [-0.15, -0.1) is 15.0 Å². The predicted octanol–water partition coefficient (Wildman–Crippen LogP) is 0.783. The van der Waals surface area contributed by atoms with Gasteiger partial charge in [0.2, 0.25) is 5.91 Å². The van der Waals surface area contributed by atoms with Gasteiger partial charge in [-0.05, 0) is 37.6 Å². The van der Waals surface area contributed by atoms with E-state index >= 15 is 0 Å². The Bertz CT molecular complexity index is 735. The number of tetrazole rings is 1. The summed E-state index contributed by atoms with van der Waals surface area (Å²) in [6, 6.07) is 7.56. The lowest BCUT2D eigenvalue weighted by Crippen LogP contribution is -2.30. The number of hydrogen-bond acceptors (Lipinski definition) is 5. The van der Waals surface area contributed by atoms with Crippen LogP contribution in [0, 0.1) is 6.92 Å². The van der Waals surface area contributed by atoms with Crippen LogP contribution >= 0.6 is 0 Å². The quantitative estimate of drug-likeness (QED) is 0.578. The van der Waals surface area contributed by atoms with Gasteiger partial charge in [0.15, 0.2) is 0 Å². The van der Waals surface area contributed by atoms with Crippen molar-refractivity contribution in [1.29, 1.82) is 0 Å². The van der Waals surface area contributed by atoms with Gasteiger partial charge in [0.1, 0.15) is 0 Å². The number of carbonyl (C=O) groups is 2. The highest BCUT2D eigenvalue weighted by Gasteiger charge is 2.13. The van der Waals surface area contributed by atoms with Crippen molar-refractivity contribution in [3.63, 3.8) is 0 Å². The molecule has 0 bridgehead atoms. The van der Waals surface area contributed by atoms with Gasteiger partial charge in [-0.25, -0.2) is 0 Å². The Hall–Kier alpha value is -3.03. The van der Waals surface area contributed by atoms with E-state index in [4.69, 9.17) is 0 Å². The molecule has 24 heavy (non-hydrogen) atoms. The number of nitrogens with one attached hydrogen (secondary N) is 2. The first-order valence-corrected chi connectivity index (χ1v) is 7.56. The fraction of sp³-hybridized carbons (Fsp3) is 0.312. The van der Waals surface area contributed by atoms with Crippen LogP contribution in [-0.4, -0.2) is 45.1 Å². The smallest absolute Gasteiger partial charge is 0.292 e. The van der Waals surface area contributed by atoms with Crippen LogP contribution in [0.2, 0.25) is 0 Å². The van der Waals surface area contributed by atoms with E-state index in [1.165, 1.54) is 4.80 Å². The van der Waals surface area contributed by atoms with Crippen LogP contribution in [0.25, 0.3) is 5.69 Å². The van der Waals surface area contributed by atoms with Gasteiger partial charge in [-0.3, -0.25) is 9.59 Å². The van der Waals surface area contributed by atoms with Crippen molar-refractivity contribution in [3.8, 4) is 5.69 Å². The lowest BCUT2D eigenvalue weighted by Gasteiger charge is -2.05. The number of carbonyl (C=O) groups excluding carboxylic acids is 2. The van der Waals surface area contributed by atoms with Crippen LogP contribution < -0.4 is 10.6 Å². The summed E-state index contributed by atoms with van der Waals surface area (Å²) in [5.41, 5.74) is 2.31. The van der Waals surface area contributed by atoms with E-state index in [2.05, 4.69) is 32.6 Å². The predicted molar refractivity (Wildman–Crippen MR) is 88.7 cm³/mol. The Balaban J connectivity index is 1.80. The molecule has 0 aliphatic rings. The van der Waals surface area contributed by atoms with Crippen LogP contribution in [0.4, 0.5) is 0 Å². The summed E-state index contributed by atoms with van der Waals surface area (Å²) in [6.45, 7) is 8.02. The van der Waals surface area contributed by atoms with Crippen molar-refractivity contribution in [2.75, 3.05) is 13.1 Å². The van der Waals surface area contributed by atoms with Crippen molar-refractivity contribution in [2.45, 2.75) is 20.3 Å². The van der Waals surface area contributed by atoms with E-state index in [1.807, 2.05) is 31.2 Å². The average Bonchev–Trinajstić information content (AvgIpc) is 3.04. The van der Waals surface area contributed by atoms with Gasteiger partial charge in [0.05, 0.1) is 5.69 Å². The number of benzene rings is 1. The summed E-state index contributed by atoms with van der Waals surface area (Å²) in [4.78, 5) is 24.6. The van der Waals surface area contributed by atoms with Gasteiger partial charge in [-0.2, -0.15) is 0 Å². The molecular weight excluding hydrogens is 308 g/mol. The minimum atomic E-state index is -0.403. The zero-order chi connectivity index (χ0) is 17.5. The van der Waals surface area contributed by atoms with E-state index in [1.54, 1.807) is 6.92 Å². The number of hydrogen-bond donors (Lipinski definition) is 2. The molecule has 0 radical (unpaired) electrons. The second-order valence-corrected chi connectivity index (χ2v) is 5.38. The Morgan fingerprint density at radius 3 is 2.50 bits per heavy atom. The molecule has 126 valence electrons. The molecule has 2 aromatic rings. The standard InChI is InChI=1S/C16H20N6O2/c1-11(2)15(23)17-9-4-10-18-16(24)14-19-21-22(20-14)13-7-5-12(3)6-8-13/h5-8H,1,4,9-10H2,2-3H3,(H,17,23)(H,18,24). The van der Waals surface area contributed by atoms with Gasteiger partial charge < -0.3 is 10.6 Å². The summed E-state index contributed by atoms with van der Waals surface area (Å²) in [5, 5.41) is 17.1. The summed E-state index contributed by atoms with van der Waals surface area (Å²) >= 11 is 0. The van der Waals surface area contributed by atoms with Crippen molar-refractivity contribution in [3.05, 3.63) is 47.8 Å². The van der Waals surface area contributed by atoms with Crippen LogP contribution in [0.1, 0.15) is 29.5 Å². The number of amides is 2. The monoisotopic (exact) mass is 328 g/mol. The summed E-state index contributed by atoms with van der Waals surface area (Å²) < 4.78 is 0. The number of aromatic nitrogens is 4. The minimum Gasteiger partial charge on any atom is -0.352 e. The molecule has 2 amide bonds. The molecule has 2 rings (SSSR count). The van der Waals surface area contributed by atoms with Gasteiger partial charge >= 0.3 is 0 Å². The molecule has 8 heteroatoms.